The van der Waals surface area contributed by atoms with Crippen LogP contribution in [0, 0.1) is 20.2 Å². The van der Waals surface area contributed by atoms with Crippen LogP contribution < -0.4 is 14.2 Å². The monoisotopic (exact) mass is 960 g/mol. The maximum Gasteiger partial charge on any atom is 0.417 e. The number of hydrogen-bond donors (Lipinski definition) is 2. The maximum absolute atomic E-state index is 13.5. The minimum absolute atomic E-state index is 0.115. The van der Waals surface area contributed by atoms with Gasteiger partial charge in [0, 0.05) is 37.1 Å². The Morgan fingerprint density at radius 2 is 1.09 bits per heavy atom. The molecule has 0 saturated heterocycles. The lowest BCUT2D eigenvalue weighted by Gasteiger charge is -2.20. The molecule has 0 unspecified atom stereocenters. The number of nitro benzene ring substituents is 2. The Morgan fingerprint density at radius 3 is 1.45 bits per heavy atom. The summed E-state index contributed by atoms with van der Waals surface area (Å²) in [5.41, 5.74) is -4.94. The summed E-state index contributed by atoms with van der Waals surface area (Å²) in [6.07, 6.45) is -10.4. The SMILES string of the molecule is CCOC(=O)[C@H](O)Cc1ccc(OC)cc1.CC[C@H](Cc1ccc(OC)cc1)Oc1cc(C(F)(F)F)c(C(=O)OC)cc1[N+](=O)[O-].COC(=O)c1cc([N+](=O)[O-])c(O)cc1C(F)(F)F.O=C=O. The van der Waals surface area contributed by atoms with E-state index in [1.165, 1.54) is 7.11 Å². The molecular formula is C42H42F6N2O17. The Kier molecular flexibility index (Phi) is 22.9. The predicted molar refractivity (Wildman–Crippen MR) is 216 cm³/mol. The van der Waals surface area contributed by atoms with Crippen LogP contribution in [0.15, 0.2) is 72.8 Å². The Morgan fingerprint density at radius 1 is 0.687 bits per heavy atom. The second kappa shape index (κ2) is 26.9. The summed E-state index contributed by atoms with van der Waals surface area (Å²) < 4.78 is 107. The van der Waals surface area contributed by atoms with Gasteiger partial charge in [0.25, 0.3) is 0 Å². The van der Waals surface area contributed by atoms with Crippen molar-refractivity contribution in [3.05, 3.63) is 126 Å². The summed E-state index contributed by atoms with van der Waals surface area (Å²) in [6.45, 7) is 3.73. The average Bonchev–Trinajstić information content (AvgIpc) is 3.28. The molecule has 0 amide bonds. The number of nitro groups is 2. The zero-order chi connectivity index (χ0) is 51.2. The van der Waals surface area contributed by atoms with E-state index in [0.717, 1.165) is 31.1 Å². The molecule has 0 aromatic heterocycles. The number of hydrogen-bond acceptors (Lipinski definition) is 17. The topological polar surface area (TPSA) is 267 Å². The molecule has 4 aromatic carbocycles. The normalized spacial score (nSPS) is 11.4. The van der Waals surface area contributed by atoms with Gasteiger partial charge in [0.2, 0.25) is 0 Å². The standard InChI is InChI=1S/C20H20F3NO6.C12H16O4.C9H6F3NO5.CO2/c1-4-13(9-12-5-7-14(28-2)8-6-12)30-18-11-16(20(21,22)23)15(19(25)29-3)10-17(18)24(26)27;1-3-16-12(14)11(13)8-9-4-6-10(15-2)7-5-9;1-18-8(15)4-2-6(13(16)17)7(14)3-5(4)9(10,11)12;2-1-3/h5-8,10-11,13H,4,9H2,1-3H3;4-7,11,13H,3,8H2,1-2H3;2-3,14H,1H3;/t13-;11-;;/m11../s1. The van der Waals surface area contributed by atoms with Gasteiger partial charge in [0.1, 0.15) is 17.6 Å². The van der Waals surface area contributed by atoms with Crippen LogP contribution in [-0.2, 0) is 53.8 Å². The van der Waals surface area contributed by atoms with Crippen molar-refractivity contribution in [3.63, 3.8) is 0 Å². The lowest BCUT2D eigenvalue weighted by molar-refractivity contribution is -0.386. The number of rotatable bonds is 15. The number of aromatic hydroxyl groups is 1. The number of alkyl halides is 6. The van der Waals surface area contributed by atoms with E-state index in [9.17, 15) is 66.1 Å². The zero-order valence-corrected chi connectivity index (χ0v) is 36.1. The number of phenols is 1. The molecule has 0 fully saturated rings. The average molecular weight is 961 g/mol. The van der Waals surface area contributed by atoms with Gasteiger partial charge in [-0.2, -0.15) is 35.9 Å². The van der Waals surface area contributed by atoms with E-state index in [-0.39, 0.29) is 25.2 Å². The van der Waals surface area contributed by atoms with E-state index >= 15 is 0 Å². The second-order valence-electron chi connectivity index (χ2n) is 12.8. The fourth-order valence-corrected chi connectivity index (χ4v) is 5.34. The van der Waals surface area contributed by atoms with Gasteiger partial charge in [0.15, 0.2) is 17.6 Å². The Bertz CT molecular complexity index is 2330. The highest BCUT2D eigenvalue weighted by molar-refractivity contribution is 5.93. The molecule has 364 valence electrons. The molecule has 4 aromatic rings. The minimum Gasteiger partial charge on any atom is -0.502 e. The highest BCUT2D eigenvalue weighted by Crippen LogP contribution is 2.41. The highest BCUT2D eigenvalue weighted by Gasteiger charge is 2.40. The minimum atomic E-state index is -4.95. The lowest BCUT2D eigenvalue weighted by atomic mass is 10.0. The molecule has 0 aliphatic carbocycles. The first kappa shape index (κ1) is 57.2. The van der Waals surface area contributed by atoms with E-state index in [1.54, 1.807) is 69.5 Å². The summed E-state index contributed by atoms with van der Waals surface area (Å²) in [6, 6.07) is 15.6. The highest BCUT2D eigenvalue weighted by atomic mass is 19.4. The molecule has 67 heavy (non-hydrogen) atoms. The number of nitrogens with zero attached hydrogens (tertiary/aromatic N) is 2. The van der Waals surface area contributed by atoms with Gasteiger partial charge in [-0.25, -0.2) is 14.4 Å². The molecule has 0 aliphatic rings. The third kappa shape index (κ3) is 18.0. The van der Waals surface area contributed by atoms with Crippen LogP contribution in [0.25, 0.3) is 0 Å². The van der Waals surface area contributed by atoms with Crippen molar-refractivity contribution < 1.29 is 98.8 Å². The Balaban J connectivity index is 0.000000519. The van der Waals surface area contributed by atoms with Gasteiger partial charge in [-0.15, -0.1) is 0 Å². The smallest absolute Gasteiger partial charge is 0.417 e. The molecule has 0 saturated carbocycles. The number of carbonyl (C=O) groups is 3. The van der Waals surface area contributed by atoms with E-state index in [2.05, 4.69) is 9.47 Å². The first-order chi connectivity index (χ1) is 31.4. The van der Waals surface area contributed by atoms with Crippen molar-refractivity contribution >= 4 is 35.4 Å². The van der Waals surface area contributed by atoms with Crippen LogP contribution in [0.5, 0.6) is 23.0 Å². The van der Waals surface area contributed by atoms with Crippen molar-refractivity contribution in [2.45, 2.75) is 57.7 Å². The molecular weight excluding hydrogens is 918 g/mol. The number of aliphatic hydroxyl groups excluding tert-OH is 1. The number of ether oxygens (including phenoxy) is 6. The quantitative estimate of drug-likeness (QED) is 0.0384. The summed E-state index contributed by atoms with van der Waals surface area (Å²) in [4.78, 5) is 70.2. The van der Waals surface area contributed by atoms with Crippen LogP contribution in [0.1, 0.15) is 63.2 Å². The molecule has 19 nitrogen and oxygen atoms in total. The van der Waals surface area contributed by atoms with E-state index < -0.39 is 97.4 Å². The number of methoxy groups -OCH3 is 4. The zero-order valence-electron chi connectivity index (χ0n) is 36.1. The predicted octanol–water partition coefficient (Wildman–Crippen LogP) is 7.49. The number of halogens is 6. The fourth-order valence-electron chi connectivity index (χ4n) is 5.34. The summed E-state index contributed by atoms with van der Waals surface area (Å²) in [7, 11) is 4.83. The second-order valence-corrected chi connectivity index (χ2v) is 12.8. The molecule has 2 N–H and O–H groups in total. The third-order valence-corrected chi connectivity index (χ3v) is 8.55. The first-order valence-corrected chi connectivity index (χ1v) is 18.8. The number of benzene rings is 4. The van der Waals surface area contributed by atoms with Gasteiger partial charge < -0.3 is 38.6 Å². The summed E-state index contributed by atoms with van der Waals surface area (Å²) in [5, 5.41) is 40.5. The van der Waals surface area contributed by atoms with Crippen LogP contribution in [0.3, 0.4) is 0 Å². The molecule has 0 aliphatic heterocycles. The van der Waals surface area contributed by atoms with E-state index in [4.69, 9.17) is 33.6 Å². The van der Waals surface area contributed by atoms with Crippen molar-refractivity contribution in [1.82, 2.24) is 0 Å². The van der Waals surface area contributed by atoms with Crippen molar-refractivity contribution in [3.8, 4) is 23.0 Å². The van der Waals surface area contributed by atoms with Crippen LogP contribution >= 0.6 is 0 Å². The molecule has 0 radical (unpaired) electrons. The maximum atomic E-state index is 13.5. The van der Waals surface area contributed by atoms with Gasteiger partial charge >= 0.3 is 47.8 Å². The van der Waals surface area contributed by atoms with Gasteiger partial charge in [-0.05, 0) is 48.7 Å². The summed E-state index contributed by atoms with van der Waals surface area (Å²) >= 11 is 0. The van der Waals surface area contributed by atoms with Crippen molar-refractivity contribution in [2.75, 3.05) is 35.0 Å². The van der Waals surface area contributed by atoms with Crippen molar-refractivity contribution in [1.29, 1.82) is 0 Å². The first-order valence-electron chi connectivity index (χ1n) is 18.8. The van der Waals surface area contributed by atoms with Gasteiger partial charge in [0.05, 0.1) is 67.1 Å². The lowest BCUT2D eigenvalue weighted by Crippen LogP contribution is -2.25. The fraction of sp³-hybridized carbons (Fsp3) is 0.333. The largest absolute Gasteiger partial charge is 0.502 e. The van der Waals surface area contributed by atoms with Crippen LogP contribution in [-0.4, -0.2) is 91.4 Å². The Labute approximate surface area is 376 Å². The number of aliphatic hydroxyl groups is 1. The number of phenolic OH excluding ortho intramolecular Hbond substituents is 1. The van der Waals surface area contributed by atoms with Crippen LogP contribution in [0.4, 0.5) is 37.7 Å². The van der Waals surface area contributed by atoms with Gasteiger partial charge in [-0.1, -0.05) is 31.2 Å². The van der Waals surface area contributed by atoms with Crippen LogP contribution in [0.2, 0.25) is 0 Å². The van der Waals surface area contributed by atoms with E-state index in [0.29, 0.717) is 36.8 Å². The van der Waals surface area contributed by atoms with E-state index in [1.807, 2.05) is 0 Å². The number of carbonyl (C=O) groups excluding carboxylic acids is 5. The molecule has 0 heterocycles. The molecule has 25 heteroatoms. The molecule has 0 spiro atoms. The molecule has 2 atom stereocenters. The third-order valence-electron chi connectivity index (χ3n) is 8.55. The number of esters is 3. The molecule has 4 rings (SSSR count). The summed E-state index contributed by atoms with van der Waals surface area (Å²) in [5.74, 6) is -3.67. The van der Waals surface area contributed by atoms with Crippen molar-refractivity contribution in [2.24, 2.45) is 0 Å². The molecule has 0 bridgehead atoms. The Hall–Kier alpha value is -7.79. The van der Waals surface area contributed by atoms with Gasteiger partial charge in [-0.3, -0.25) is 20.2 Å².